The molecule has 0 aromatic heterocycles. The summed E-state index contributed by atoms with van der Waals surface area (Å²) >= 11 is 1.87. The van der Waals surface area contributed by atoms with Crippen LogP contribution in [0.15, 0.2) is 0 Å². The minimum atomic E-state index is -0.419. The van der Waals surface area contributed by atoms with Crippen molar-refractivity contribution < 1.29 is 9.53 Å². The van der Waals surface area contributed by atoms with E-state index in [2.05, 4.69) is 18.5 Å². The summed E-state index contributed by atoms with van der Waals surface area (Å²) in [6.07, 6.45) is 7.34. The molecule has 1 fully saturated rings. The van der Waals surface area contributed by atoms with Crippen LogP contribution in [0.5, 0.6) is 0 Å². The average Bonchev–Trinajstić information content (AvgIpc) is 2.37. The van der Waals surface area contributed by atoms with Gasteiger partial charge in [-0.15, -0.1) is 0 Å². The van der Waals surface area contributed by atoms with Gasteiger partial charge >= 0.3 is 5.97 Å². The third-order valence-corrected chi connectivity index (χ3v) is 4.49. The van der Waals surface area contributed by atoms with E-state index in [1.165, 1.54) is 6.42 Å². The van der Waals surface area contributed by atoms with Crippen molar-refractivity contribution in [2.24, 2.45) is 0 Å². The molecular weight excluding hydrogens is 234 g/mol. The highest BCUT2D eigenvalue weighted by Crippen LogP contribution is 2.35. The highest BCUT2D eigenvalue weighted by atomic mass is 32.2. The van der Waals surface area contributed by atoms with Gasteiger partial charge < -0.3 is 10.1 Å². The highest BCUT2D eigenvalue weighted by molar-refractivity contribution is 7.99. The molecule has 4 heteroatoms. The van der Waals surface area contributed by atoms with E-state index >= 15 is 0 Å². The maximum atomic E-state index is 12.2. The van der Waals surface area contributed by atoms with E-state index in [0.717, 1.165) is 32.2 Å². The molecular formula is C13H25NO2S. The summed E-state index contributed by atoms with van der Waals surface area (Å²) in [7, 11) is 0. The summed E-state index contributed by atoms with van der Waals surface area (Å²) in [6, 6.07) is 0. The van der Waals surface area contributed by atoms with Gasteiger partial charge in [0.2, 0.25) is 0 Å². The first-order chi connectivity index (χ1) is 8.18. The fourth-order valence-electron chi connectivity index (χ4n) is 2.48. The van der Waals surface area contributed by atoms with Gasteiger partial charge in [0.05, 0.1) is 6.61 Å². The molecule has 1 N–H and O–H groups in total. The Morgan fingerprint density at radius 1 is 1.53 bits per heavy atom. The second-order valence-electron chi connectivity index (χ2n) is 4.68. The molecule has 0 aliphatic heterocycles. The molecule has 2 atom stereocenters. The Kier molecular flexibility index (Phi) is 6.34. The Bertz CT molecular complexity index is 248. The number of thioether (sulfide) groups is 1. The van der Waals surface area contributed by atoms with E-state index in [4.69, 9.17) is 4.74 Å². The number of esters is 1. The summed E-state index contributed by atoms with van der Waals surface area (Å²) in [5.74, 6) is -0.0489. The fourth-order valence-corrected chi connectivity index (χ4v) is 3.33. The minimum absolute atomic E-state index is 0.0489. The lowest BCUT2D eigenvalue weighted by Gasteiger charge is -2.39. The smallest absolute Gasteiger partial charge is 0.326 e. The molecule has 1 rings (SSSR count). The van der Waals surface area contributed by atoms with Gasteiger partial charge in [-0.05, 0) is 51.8 Å². The van der Waals surface area contributed by atoms with Crippen molar-refractivity contribution in [3.8, 4) is 0 Å². The molecule has 0 amide bonds. The molecule has 1 aliphatic rings. The van der Waals surface area contributed by atoms with Crippen molar-refractivity contribution in [2.45, 2.75) is 56.7 Å². The number of nitrogens with one attached hydrogen (secondary N) is 1. The zero-order chi connectivity index (χ0) is 12.7. The maximum absolute atomic E-state index is 12.2. The van der Waals surface area contributed by atoms with Crippen LogP contribution in [0, 0.1) is 0 Å². The summed E-state index contributed by atoms with van der Waals surface area (Å²) in [4.78, 5) is 12.2. The molecule has 0 heterocycles. The van der Waals surface area contributed by atoms with Crippen LogP contribution in [0.3, 0.4) is 0 Å². The van der Waals surface area contributed by atoms with Gasteiger partial charge in [-0.25, -0.2) is 0 Å². The molecule has 3 nitrogen and oxygen atoms in total. The second kappa shape index (κ2) is 7.27. The fraction of sp³-hybridized carbons (Fsp3) is 0.923. The molecule has 0 aromatic rings. The normalized spacial score (nSPS) is 29.0. The summed E-state index contributed by atoms with van der Waals surface area (Å²) < 4.78 is 5.26. The molecule has 0 spiro atoms. The van der Waals surface area contributed by atoms with E-state index in [1.807, 2.05) is 18.7 Å². The topological polar surface area (TPSA) is 38.3 Å². The van der Waals surface area contributed by atoms with Crippen LogP contribution in [-0.2, 0) is 9.53 Å². The van der Waals surface area contributed by atoms with E-state index in [1.54, 1.807) is 0 Å². The van der Waals surface area contributed by atoms with Crippen LogP contribution in [-0.4, -0.2) is 36.2 Å². The third kappa shape index (κ3) is 3.88. The van der Waals surface area contributed by atoms with Crippen molar-refractivity contribution in [1.29, 1.82) is 0 Å². The maximum Gasteiger partial charge on any atom is 0.326 e. The molecule has 0 bridgehead atoms. The number of rotatable bonds is 6. The van der Waals surface area contributed by atoms with Crippen molar-refractivity contribution in [3.63, 3.8) is 0 Å². The molecule has 0 radical (unpaired) electrons. The average molecular weight is 259 g/mol. The van der Waals surface area contributed by atoms with E-state index in [0.29, 0.717) is 11.9 Å². The van der Waals surface area contributed by atoms with Gasteiger partial charge in [0, 0.05) is 5.25 Å². The first kappa shape index (κ1) is 14.8. The van der Waals surface area contributed by atoms with Crippen LogP contribution in [0.1, 0.15) is 46.0 Å². The molecule has 1 saturated carbocycles. The zero-order valence-corrected chi connectivity index (χ0v) is 12.1. The Labute approximate surface area is 109 Å². The molecule has 0 aromatic carbocycles. The lowest BCUT2D eigenvalue weighted by Crippen LogP contribution is -2.56. The Hall–Kier alpha value is -0.220. The predicted octanol–water partition coefficient (Wildman–Crippen LogP) is 2.59. The van der Waals surface area contributed by atoms with Crippen LogP contribution in [0.25, 0.3) is 0 Å². The summed E-state index contributed by atoms with van der Waals surface area (Å²) in [5.41, 5.74) is -0.419. The summed E-state index contributed by atoms with van der Waals surface area (Å²) in [5, 5.41) is 4.03. The SMILES string of the molecule is CCCNC1(C(=O)OCC)CCCC(SC)C1. The highest BCUT2D eigenvalue weighted by Gasteiger charge is 2.43. The molecule has 2 unspecified atom stereocenters. The first-order valence-electron chi connectivity index (χ1n) is 6.63. The lowest BCUT2D eigenvalue weighted by molar-refractivity contribution is -0.152. The van der Waals surface area contributed by atoms with Crippen LogP contribution >= 0.6 is 11.8 Å². The molecule has 100 valence electrons. The van der Waals surface area contributed by atoms with Gasteiger partial charge in [-0.3, -0.25) is 4.79 Å². The van der Waals surface area contributed by atoms with Gasteiger partial charge in [0.15, 0.2) is 0 Å². The van der Waals surface area contributed by atoms with Gasteiger partial charge in [-0.2, -0.15) is 11.8 Å². The Morgan fingerprint density at radius 2 is 2.29 bits per heavy atom. The van der Waals surface area contributed by atoms with E-state index in [9.17, 15) is 4.79 Å². The summed E-state index contributed by atoms with van der Waals surface area (Å²) in [6.45, 7) is 5.36. The van der Waals surface area contributed by atoms with E-state index in [-0.39, 0.29) is 5.97 Å². The number of hydrogen-bond donors (Lipinski definition) is 1. The molecule has 17 heavy (non-hydrogen) atoms. The number of hydrogen-bond acceptors (Lipinski definition) is 4. The molecule has 1 aliphatic carbocycles. The van der Waals surface area contributed by atoms with Crippen molar-refractivity contribution in [2.75, 3.05) is 19.4 Å². The van der Waals surface area contributed by atoms with E-state index < -0.39 is 5.54 Å². The third-order valence-electron chi connectivity index (χ3n) is 3.42. The Balaban J connectivity index is 2.73. The van der Waals surface area contributed by atoms with Crippen LogP contribution < -0.4 is 5.32 Å². The number of carbonyl (C=O) groups is 1. The van der Waals surface area contributed by atoms with Gasteiger partial charge in [-0.1, -0.05) is 6.92 Å². The largest absolute Gasteiger partial charge is 0.465 e. The lowest BCUT2D eigenvalue weighted by atomic mass is 9.81. The van der Waals surface area contributed by atoms with Gasteiger partial charge in [0.1, 0.15) is 5.54 Å². The first-order valence-corrected chi connectivity index (χ1v) is 7.92. The van der Waals surface area contributed by atoms with Crippen LogP contribution in [0.2, 0.25) is 0 Å². The van der Waals surface area contributed by atoms with Gasteiger partial charge in [0.25, 0.3) is 0 Å². The number of carbonyl (C=O) groups excluding carboxylic acids is 1. The number of ether oxygens (including phenoxy) is 1. The Morgan fingerprint density at radius 3 is 2.88 bits per heavy atom. The molecule has 0 saturated heterocycles. The van der Waals surface area contributed by atoms with Crippen molar-refractivity contribution >= 4 is 17.7 Å². The standard InChI is InChI=1S/C13H25NO2S/c1-4-9-14-13(12(15)16-5-2)8-6-7-11(10-13)17-3/h11,14H,4-10H2,1-3H3. The predicted molar refractivity (Wildman–Crippen MR) is 73.4 cm³/mol. The quantitative estimate of drug-likeness (QED) is 0.744. The second-order valence-corrected chi connectivity index (χ2v) is 5.82. The minimum Gasteiger partial charge on any atom is -0.465 e. The monoisotopic (exact) mass is 259 g/mol. The van der Waals surface area contributed by atoms with Crippen molar-refractivity contribution in [3.05, 3.63) is 0 Å². The zero-order valence-electron chi connectivity index (χ0n) is 11.3. The van der Waals surface area contributed by atoms with Crippen molar-refractivity contribution in [1.82, 2.24) is 5.32 Å². The van der Waals surface area contributed by atoms with Crippen LogP contribution in [0.4, 0.5) is 0 Å².